The molecule has 4 heteroatoms. The molecule has 1 aromatic heterocycles. The van der Waals surface area contributed by atoms with Gasteiger partial charge in [-0.1, -0.05) is 0 Å². The van der Waals surface area contributed by atoms with Gasteiger partial charge < -0.3 is 10.1 Å². The van der Waals surface area contributed by atoms with Gasteiger partial charge in [-0.2, -0.15) is 0 Å². The molecule has 0 aromatic carbocycles. The van der Waals surface area contributed by atoms with Gasteiger partial charge in [-0.3, -0.25) is 0 Å². The molecule has 2 atom stereocenters. The SMILES string of the molecule is Cc1nc(C)c(C(C)NC2CCOC3(CCC3)C2)s1. The summed E-state index contributed by atoms with van der Waals surface area (Å²) in [6.07, 6.45) is 6.20. The van der Waals surface area contributed by atoms with E-state index in [1.807, 2.05) is 11.3 Å². The quantitative estimate of drug-likeness (QED) is 0.920. The first-order chi connectivity index (χ1) is 9.08. The van der Waals surface area contributed by atoms with Crippen LogP contribution in [-0.4, -0.2) is 23.2 Å². The Labute approximate surface area is 119 Å². The fourth-order valence-electron chi connectivity index (χ4n) is 3.47. The van der Waals surface area contributed by atoms with Crippen molar-refractivity contribution in [1.82, 2.24) is 10.3 Å². The number of nitrogens with one attached hydrogen (secondary N) is 1. The number of nitrogens with zero attached hydrogens (tertiary/aromatic N) is 1. The normalized spacial score (nSPS) is 27.2. The molecular weight excluding hydrogens is 256 g/mol. The van der Waals surface area contributed by atoms with Gasteiger partial charge in [-0.25, -0.2) is 4.98 Å². The summed E-state index contributed by atoms with van der Waals surface area (Å²) in [7, 11) is 0. The van der Waals surface area contributed by atoms with Crippen LogP contribution in [0.1, 0.15) is 60.6 Å². The topological polar surface area (TPSA) is 34.2 Å². The highest BCUT2D eigenvalue weighted by Crippen LogP contribution is 2.42. The zero-order valence-corrected chi connectivity index (χ0v) is 13.0. The summed E-state index contributed by atoms with van der Waals surface area (Å²) in [5, 5.41) is 4.97. The summed E-state index contributed by atoms with van der Waals surface area (Å²) in [5.41, 5.74) is 1.42. The van der Waals surface area contributed by atoms with Gasteiger partial charge in [0.2, 0.25) is 0 Å². The molecule has 1 aromatic rings. The Bertz CT molecular complexity index is 453. The van der Waals surface area contributed by atoms with Gasteiger partial charge >= 0.3 is 0 Å². The molecule has 2 aliphatic rings. The van der Waals surface area contributed by atoms with E-state index < -0.39 is 0 Å². The van der Waals surface area contributed by atoms with Crippen molar-refractivity contribution in [2.45, 2.75) is 70.6 Å². The Kier molecular flexibility index (Phi) is 3.67. The maximum absolute atomic E-state index is 6.00. The zero-order chi connectivity index (χ0) is 13.5. The molecular formula is C15H24N2OS. The van der Waals surface area contributed by atoms with Crippen LogP contribution in [0.2, 0.25) is 0 Å². The van der Waals surface area contributed by atoms with Crippen molar-refractivity contribution in [2.75, 3.05) is 6.61 Å². The van der Waals surface area contributed by atoms with Gasteiger partial charge in [0, 0.05) is 23.6 Å². The Morgan fingerprint density at radius 2 is 2.21 bits per heavy atom. The highest BCUT2D eigenvalue weighted by atomic mass is 32.1. The first-order valence-corrected chi connectivity index (χ1v) is 8.24. The lowest BCUT2D eigenvalue weighted by atomic mass is 9.74. The molecule has 2 fully saturated rings. The Hall–Kier alpha value is -0.450. The van der Waals surface area contributed by atoms with Crippen LogP contribution in [-0.2, 0) is 4.74 Å². The number of hydrogen-bond acceptors (Lipinski definition) is 4. The van der Waals surface area contributed by atoms with E-state index in [1.54, 1.807) is 0 Å². The van der Waals surface area contributed by atoms with E-state index in [4.69, 9.17) is 4.74 Å². The van der Waals surface area contributed by atoms with E-state index in [9.17, 15) is 0 Å². The number of ether oxygens (including phenoxy) is 1. The van der Waals surface area contributed by atoms with Crippen molar-refractivity contribution in [3.63, 3.8) is 0 Å². The maximum Gasteiger partial charge on any atom is 0.0900 e. The van der Waals surface area contributed by atoms with Crippen LogP contribution in [0.15, 0.2) is 0 Å². The van der Waals surface area contributed by atoms with Crippen LogP contribution in [0.5, 0.6) is 0 Å². The number of rotatable bonds is 3. The van der Waals surface area contributed by atoms with Crippen LogP contribution in [0.4, 0.5) is 0 Å². The summed E-state index contributed by atoms with van der Waals surface area (Å²) in [6, 6.07) is 1.01. The van der Waals surface area contributed by atoms with E-state index in [0.717, 1.165) is 13.0 Å². The third-order valence-electron chi connectivity index (χ3n) is 4.58. The van der Waals surface area contributed by atoms with Crippen LogP contribution < -0.4 is 5.32 Å². The number of hydrogen-bond donors (Lipinski definition) is 1. The molecule has 2 unspecified atom stereocenters. The van der Waals surface area contributed by atoms with Crippen molar-refractivity contribution in [3.05, 3.63) is 15.6 Å². The molecule has 1 aliphatic carbocycles. The lowest BCUT2D eigenvalue weighted by molar-refractivity contribution is -0.136. The summed E-state index contributed by atoms with van der Waals surface area (Å²) in [4.78, 5) is 5.93. The number of aryl methyl sites for hydroxylation is 2. The molecule has 0 amide bonds. The third-order valence-corrected chi connectivity index (χ3v) is 5.83. The number of aromatic nitrogens is 1. The van der Waals surface area contributed by atoms with E-state index >= 15 is 0 Å². The van der Waals surface area contributed by atoms with Crippen LogP contribution in [0.3, 0.4) is 0 Å². The molecule has 3 rings (SSSR count). The van der Waals surface area contributed by atoms with Crippen molar-refractivity contribution < 1.29 is 4.74 Å². The molecule has 1 spiro atoms. The summed E-state index contributed by atoms with van der Waals surface area (Å²) in [6.45, 7) is 7.40. The molecule has 106 valence electrons. The standard InChI is InChI=1S/C15H24N2OS/c1-10-14(19-12(3)16-10)11(2)17-13-5-8-18-15(9-13)6-4-7-15/h11,13,17H,4-9H2,1-3H3. The van der Waals surface area contributed by atoms with E-state index in [2.05, 4.69) is 31.1 Å². The van der Waals surface area contributed by atoms with Crippen molar-refractivity contribution >= 4 is 11.3 Å². The Morgan fingerprint density at radius 1 is 1.42 bits per heavy atom. The highest BCUT2D eigenvalue weighted by molar-refractivity contribution is 7.11. The van der Waals surface area contributed by atoms with Crippen LogP contribution in [0, 0.1) is 13.8 Å². The summed E-state index contributed by atoms with van der Waals surface area (Å²) in [5.74, 6) is 0. The Balaban J connectivity index is 1.63. The zero-order valence-electron chi connectivity index (χ0n) is 12.2. The summed E-state index contributed by atoms with van der Waals surface area (Å²) >= 11 is 1.83. The molecule has 1 N–H and O–H groups in total. The predicted molar refractivity (Wildman–Crippen MR) is 78.7 cm³/mol. The lowest BCUT2D eigenvalue weighted by Gasteiger charge is -2.47. The molecule has 2 heterocycles. The minimum absolute atomic E-state index is 0.230. The molecule has 0 bridgehead atoms. The first-order valence-electron chi connectivity index (χ1n) is 7.42. The third kappa shape index (κ3) is 2.71. The smallest absolute Gasteiger partial charge is 0.0900 e. The van der Waals surface area contributed by atoms with Crippen LogP contribution in [0.25, 0.3) is 0 Å². The van der Waals surface area contributed by atoms with Crippen molar-refractivity contribution in [1.29, 1.82) is 0 Å². The second-order valence-electron chi connectivity index (χ2n) is 6.15. The molecule has 19 heavy (non-hydrogen) atoms. The molecule has 3 nitrogen and oxygen atoms in total. The molecule has 1 saturated carbocycles. The lowest BCUT2D eigenvalue weighted by Crippen LogP contribution is -2.51. The van der Waals surface area contributed by atoms with Gasteiger partial charge in [0.25, 0.3) is 0 Å². The average molecular weight is 280 g/mol. The van der Waals surface area contributed by atoms with Crippen molar-refractivity contribution in [2.24, 2.45) is 0 Å². The first kappa shape index (κ1) is 13.5. The average Bonchev–Trinajstić information content (AvgIpc) is 2.67. The second kappa shape index (κ2) is 5.15. The van der Waals surface area contributed by atoms with E-state index in [1.165, 1.54) is 41.3 Å². The predicted octanol–water partition coefficient (Wildman–Crippen LogP) is 3.51. The van der Waals surface area contributed by atoms with E-state index in [-0.39, 0.29) is 5.60 Å². The fourth-order valence-corrected chi connectivity index (χ4v) is 4.41. The van der Waals surface area contributed by atoms with Gasteiger partial charge in [-0.05, 0) is 52.9 Å². The van der Waals surface area contributed by atoms with E-state index in [0.29, 0.717) is 12.1 Å². The van der Waals surface area contributed by atoms with Gasteiger partial charge in [0.05, 0.1) is 16.3 Å². The monoisotopic (exact) mass is 280 g/mol. The second-order valence-corrected chi connectivity index (χ2v) is 7.38. The molecule has 1 aliphatic heterocycles. The van der Waals surface area contributed by atoms with Crippen molar-refractivity contribution in [3.8, 4) is 0 Å². The summed E-state index contributed by atoms with van der Waals surface area (Å²) < 4.78 is 6.00. The fraction of sp³-hybridized carbons (Fsp3) is 0.800. The molecule has 1 saturated heterocycles. The van der Waals surface area contributed by atoms with Crippen LogP contribution >= 0.6 is 11.3 Å². The Morgan fingerprint density at radius 3 is 2.79 bits per heavy atom. The van der Waals surface area contributed by atoms with Gasteiger partial charge in [0.1, 0.15) is 0 Å². The largest absolute Gasteiger partial charge is 0.375 e. The number of thiazole rings is 1. The minimum Gasteiger partial charge on any atom is -0.375 e. The maximum atomic E-state index is 6.00. The molecule has 0 radical (unpaired) electrons. The van der Waals surface area contributed by atoms with Gasteiger partial charge in [-0.15, -0.1) is 11.3 Å². The minimum atomic E-state index is 0.230. The van der Waals surface area contributed by atoms with Gasteiger partial charge in [0.15, 0.2) is 0 Å². The highest BCUT2D eigenvalue weighted by Gasteiger charge is 2.42.